The number of azo groups is 1. The molecule has 18 heavy (non-hydrogen) atoms. The number of halogens is 1. The number of aryl methyl sites for hydroxylation is 2. The minimum absolute atomic E-state index is 0.0300. The molecule has 0 radical (unpaired) electrons. The van der Waals surface area contributed by atoms with Crippen molar-refractivity contribution >= 4 is 11.4 Å². The van der Waals surface area contributed by atoms with Gasteiger partial charge in [-0.05, 0) is 19.1 Å². The third-order valence-electron chi connectivity index (χ3n) is 2.39. The molecule has 2 N–H and O–H groups in total. The normalized spacial score (nSPS) is 11.3. The molecule has 0 saturated carbocycles. The Morgan fingerprint density at radius 2 is 2.11 bits per heavy atom. The lowest BCUT2D eigenvalue weighted by molar-refractivity contribution is 0.474. The molecule has 1 aromatic carbocycles. The highest BCUT2D eigenvalue weighted by molar-refractivity contribution is 5.51. The Labute approximate surface area is 101 Å². The highest BCUT2D eigenvalue weighted by Crippen LogP contribution is 2.28. The van der Waals surface area contributed by atoms with Gasteiger partial charge in [-0.15, -0.1) is 10.2 Å². The Morgan fingerprint density at radius 1 is 1.39 bits per heavy atom. The van der Waals surface area contributed by atoms with E-state index < -0.39 is 5.82 Å². The Morgan fingerprint density at radius 3 is 2.72 bits per heavy atom. The van der Waals surface area contributed by atoms with Crippen molar-refractivity contribution in [3.8, 4) is 5.75 Å². The lowest BCUT2D eigenvalue weighted by Gasteiger charge is -1.96. The zero-order chi connectivity index (χ0) is 13.3. The predicted molar refractivity (Wildman–Crippen MR) is 63.0 cm³/mol. The SMILES string of the molecule is Cc1[nH]n(C)c(=O)c1N=Nc1cc(F)ccc1O. The first-order chi connectivity index (χ1) is 8.49. The summed E-state index contributed by atoms with van der Waals surface area (Å²) in [6, 6.07) is 3.31. The molecule has 6 nitrogen and oxygen atoms in total. The number of H-pyrrole nitrogens is 1. The molecule has 0 aliphatic carbocycles. The minimum atomic E-state index is -0.541. The van der Waals surface area contributed by atoms with Gasteiger partial charge < -0.3 is 5.11 Å². The third-order valence-corrected chi connectivity index (χ3v) is 2.39. The first-order valence-electron chi connectivity index (χ1n) is 5.15. The quantitative estimate of drug-likeness (QED) is 0.801. The number of nitrogens with zero attached hydrogens (tertiary/aromatic N) is 3. The van der Waals surface area contributed by atoms with E-state index in [4.69, 9.17) is 0 Å². The van der Waals surface area contributed by atoms with Crippen molar-refractivity contribution in [2.24, 2.45) is 17.3 Å². The second kappa shape index (κ2) is 4.44. The largest absolute Gasteiger partial charge is 0.506 e. The second-order valence-corrected chi connectivity index (χ2v) is 3.78. The maximum atomic E-state index is 13.0. The molecule has 1 heterocycles. The number of hydrogen-bond acceptors (Lipinski definition) is 4. The van der Waals surface area contributed by atoms with Gasteiger partial charge in [-0.3, -0.25) is 14.6 Å². The fourth-order valence-corrected chi connectivity index (χ4v) is 1.47. The van der Waals surface area contributed by atoms with Crippen LogP contribution in [-0.4, -0.2) is 14.9 Å². The van der Waals surface area contributed by atoms with Crippen LogP contribution in [-0.2, 0) is 7.05 Å². The smallest absolute Gasteiger partial charge is 0.294 e. The van der Waals surface area contributed by atoms with Crippen molar-refractivity contribution in [1.82, 2.24) is 9.78 Å². The third kappa shape index (κ3) is 2.15. The van der Waals surface area contributed by atoms with E-state index in [2.05, 4.69) is 15.3 Å². The van der Waals surface area contributed by atoms with Gasteiger partial charge in [0.25, 0.3) is 5.56 Å². The van der Waals surface area contributed by atoms with Crippen LogP contribution < -0.4 is 5.56 Å². The van der Waals surface area contributed by atoms with Crippen molar-refractivity contribution in [2.45, 2.75) is 6.92 Å². The van der Waals surface area contributed by atoms with Crippen LogP contribution in [0.4, 0.5) is 15.8 Å². The van der Waals surface area contributed by atoms with Crippen LogP contribution >= 0.6 is 0 Å². The molecule has 0 aliphatic rings. The van der Waals surface area contributed by atoms with Crippen LogP contribution in [0.2, 0.25) is 0 Å². The van der Waals surface area contributed by atoms with Crippen molar-refractivity contribution in [1.29, 1.82) is 0 Å². The summed E-state index contributed by atoms with van der Waals surface area (Å²) in [5.41, 5.74) is 0.299. The Kier molecular flexibility index (Phi) is 2.97. The van der Waals surface area contributed by atoms with Gasteiger partial charge in [0.2, 0.25) is 0 Å². The standard InChI is InChI=1S/C11H11FN4O2/c1-6-10(11(18)16(2)15-6)14-13-8-5-7(12)3-4-9(8)17/h3-5,15,17H,1-2H3. The molecule has 0 atom stereocenters. The van der Waals surface area contributed by atoms with Crippen LogP contribution in [0.3, 0.4) is 0 Å². The number of nitrogens with one attached hydrogen (secondary N) is 1. The zero-order valence-corrected chi connectivity index (χ0v) is 9.81. The monoisotopic (exact) mass is 250 g/mol. The van der Waals surface area contributed by atoms with Crippen molar-refractivity contribution in [2.75, 3.05) is 0 Å². The Bertz CT molecular complexity index is 672. The lowest BCUT2D eigenvalue weighted by atomic mass is 10.3. The van der Waals surface area contributed by atoms with E-state index in [9.17, 15) is 14.3 Å². The molecule has 1 aromatic heterocycles. The summed E-state index contributed by atoms with van der Waals surface area (Å²) in [5, 5.41) is 19.6. The van der Waals surface area contributed by atoms with Crippen molar-refractivity contribution in [3.05, 3.63) is 40.1 Å². The first-order valence-corrected chi connectivity index (χ1v) is 5.15. The summed E-state index contributed by atoms with van der Waals surface area (Å²) in [7, 11) is 1.55. The van der Waals surface area contributed by atoms with E-state index in [1.165, 1.54) is 10.7 Å². The van der Waals surface area contributed by atoms with Gasteiger partial charge in [0.15, 0.2) is 5.69 Å². The van der Waals surface area contributed by atoms with E-state index in [0.29, 0.717) is 5.69 Å². The topological polar surface area (TPSA) is 82.7 Å². The van der Waals surface area contributed by atoms with Crippen LogP contribution in [0.15, 0.2) is 33.2 Å². The van der Waals surface area contributed by atoms with Crippen molar-refractivity contribution in [3.63, 3.8) is 0 Å². The van der Waals surface area contributed by atoms with Gasteiger partial charge in [0, 0.05) is 13.1 Å². The number of rotatable bonds is 2. The Hall–Kier alpha value is -2.44. The molecule has 94 valence electrons. The van der Waals surface area contributed by atoms with Crippen molar-refractivity contribution < 1.29 is 9.50 Å². The highest BCUT2D eigenvalue weighted by atomic mass is 19.1. The second-order valence-electron chi connectivity index (χ2n) is 3.78. The summed E-state index contributed by atoms with van der Waals surface area (Å²) in [6.45, 7) is 1.67. The van der Waals surface area contributed by atoms with Gasteiger partial charge in [0.05, 0.1) is 5.69 Å². The van der Waals surface area contributed by atoms with Gasteiger partial charge in [-0.25, -0.2) is 4.39 Å². The summed E-state index contributed by atoms with van der Waals surface area (Å²) in [4.78, 5) is 11.6. The average Bonchev–Trinajstić information content (AvgIpc) is 2.55. The number of aromatic nitrogens is 2. The zero-order valence-electron chi connectivity index (χ0n) is 9.81. The highest BCUT2D eigenvalue weighted by Gasteiger charge is 2.08. The molecule has 0 saturated heterocycles. The number of phenolic OH excluding ortho intramolecular Hbond substituents is 1. The lowest BCUT2D eigenvalue weighted by Crippen LogP contribution is -2.10. The Balaban J connectivity index is 2.42. The molecule has 7 heteroatoms. The van der Waals surface area contributed by atoms with Crippen LogP contribution in [0.1, 0.15) is 5.69 Å². The van der Waals surface area contributed by atoms with E-state index in [1.54, 1.807) is 14.0 Å². The molecule has 2 aromatic rings. The fourth-order valence-electron chi connectivity index (χ4n) is 1.47. The molecule has 0 aliphatic heterocycles. The van der Waals surface area contributed by atoms with Crippen LogP contribution in [0.25, 0.3) is 0 Å². The number of phenols is 1. The molecular weight excluding hydrogens is 239 g/mol. The van der Waals surface area contributed by atoms with E-state index >= 15 is 0 Å². The molecule has 0 unspecified atom stereocenters. The number of aromatic hydroxyl groups is 1. The first kappa shape index (κ1) is 12.0. The summed E-state index contributed by atoms with van der Waals surface area (Å²) < 4.78 is 14.2. The van der Waals surface area contributed by atoms with E-state index in [1.807, 2.05) is 0 Å². The van der Waals surface area contributed by atoms with Crippen LogP contribution in [0.5, 0.6) is 5.75 Å². The van der Waals surface area contributed by atoms with Gasteiger partial charge in [-0.1, -0.05) is 0 Å². The molecule has 0 bridgehead atoms. The fraction of sp³-hybridized carbons (Fsp3) is 0.182. The molecule has 0 fully saturated rings. The average molecular weight is 250 g/mol. The minimum Gasteiger partial charge on any atom is -0.506 e. The van der Waals surface area contributed by atoms with Crippen LogP contribution in [0, 0.1) is 12.7 Å². The molecule has 2 rings (SSSR count). The molecular formula is C11H11FN4O2. The predicted octanol–water partition coefficient (Wildman–Crippen LogP) is 2.28. The number of aromatic amines is 1. The van der Waals surface area contributed by atoms with E-state index in [0.717, 1.165) is 12.1 Å². The summed E-state index contributed by atoms with van der Waals surface area (Å²) >= 11 is 0. The van der Waals surface area contributed by atoms with Gasteiger partial charge >= 0.3 is 0 Å². The maximum absolute atomic E-state index is 13.0. The number of hydrogen-bond donors (Lipinski definition) is 2. The molecule has 0 spiro atoms. The summed E-state index contributed by atoms with van der Waals surface area (Å²) in [5.74, 6) is -0.745. The summed E-state index contributed by atoms with van der Waals surface area (Å²) in [6.07, 6.45) is 0. The van der Waals surface area contributed by atoms with E-state index in [-0.39, 0.29) is 22.7 Å². The molecule has 0 amide bonds. The number of benzene rings is 1. The maximum Gasteiger partial charge on any atom is 0.294 e. The van der Waals surface area contributed by atoms with Gasteiger partial charge in [0.1, 0.15) is 17.3 Å². The van der Waals surface area contributed by atoms with Gasteiger partial charge in [-0.2, -0.15) is 0 Å².